The number of amides is 1. The van der Waals surface area contributed by atoms with E-state index in [0.29, 0.717) is 5.75 Å². The molecule has 1 atom stereocenters. The summed E-state index contributed by atoms with van der Waals surface area (Å²) in [5.41, 5.74) is 0.885. The van der Waals surface area contributed by atoms with E-state index >= 15 is 0 Å². The molecule has 1 aromatic rings. The number of benzene rings is 1. The van der Waals surface area contributed by atoms with Gasteiger partial charge in [0.1, 0.15) is 11.9 Å². The van der Waals surface area contributed by atoms with Crippen LogP contribution in [0.3, 0.4) is 0 Å². The van der Waals surface area contributed by atoms with E-state index in [-0.39, 0.29) is 23.6 Å². The van der Waals surface area contributed by atoms with Gasteiger partial charge in [-0.1, -0.05) is 13.8 Å². The zero-order valence-corrected chi connectivity index (χ0v) is 18.7. The van der Waals surface area contributed by atoms with E-state index in [0.717, 1.165) is 64.1 Å². The van der Waals surface area contributed by atoms with E-state index in [1.807, 2.05) is 24.3 Å². The van der Waals surface area contributed by atoms with Crippen molar-refractivity contribution in [2.45, 2.75) is 45.6 Å². The lowest BCUT2D eigenvalue weighted by Gasteiger charge is -2.36. The van der Waals surface area contributed by atoms with Gasteiger partial charge in [-0.25, -0.2) is 4.79 Å². The van der Waals surface area contributed by atoms with Crippen LogP contribution in [0.25, 0.3) is 0 Å². The SMILES string of the molecule is CCC1(CC)CC(CCN2CCN(c3ccc(OC(=O)N(C)C)cc3)CC2)OC1=O. The Labute approximate surface area is 179 Å². The van der Waals surface area contributed by atoms with Crippen LogP contribution < -0.4 is 9.64 Å². The Bertz CT molecular complexity index is 722. The fourth-order valence-corrected chi connectivity index (χ4v) is 4.30. The van der Waals surface area contributed by atoms with Crippen molar-refractivity contribution in [2.75, 3.05) is 51.7 Å². The predicted molar refractivity (Wildman–Crippen MR) is 117 cm³/mol. The topological polar surface area (TPSA) is 62.3 Å². The summed E-state index contributed by atoms with van der Waals surface area (Å²) in [5, 5.41) is 0. The van der Waals surface area contributed by atoms with Gasteiger partial charge in [-0.3, -0.25) is 9.69 Å². The number of cyclic esters (lactones) is 1. The summed E-state index contributed by atoms with van der Waals surface area (Å²) in [5.74, 6) is 0.555. The molecule has 0 aromatic heterocycles. The van der Waals surface area contributed by atoms with Crippen molar-refractivity contribution in [2.24, 2.45) is 5.41 Å². The van der Waals surface area contributed by atoms with Crippen LogP contribution in [0.1, 0.15) is 39.5 Å². The first kappa shape index (κ1) is 22.4. The van der Waals surface area contributed by atoms with Gasteiger partial charge in [0.15, 0.2) is 0 Å². The molecule has 0 radical (unpaired) electrons. The Morgan fingerprint density at radius 3 is 2.30 bits per heavy atom. The van der Waals surface area contributed by atoms with Crippen LogP contribution in [-0.2, 0) is 9.53 Å². The van der Waals surface area contributed by atoms with Crippen LogP contribution in [0.2, 0.25) is 0 Å². The maximum atomic E-state index is 12.3. The first-order valence-corrected chi connectivity index (χ1v) is 11.0. The Morgan fingerprint density at radius 2 is 1.77 bits per heavy atom. The van der Waals surface area contributed by atoms with Crippen molar-refractivity contribution in [1.29, 1.82) is 0 Å². The van der Waals surface area contributed by atoms with Crippen molar-refractivity contribution >= 4 is 17.7 Å². The summed E-state index contributed by atoms with van der Waals surface area (Å²) in [6.07, 6.45) is 3.20. The number of piperazine rings is 1. The van der Waals surface area contributed by atoms with E-state index in [9.17, 15) is 9.59 Å². The fraction of sp³-hybridized carbons (Fsp3) is 0.652. The van der Waals surface area contributed by atoms with Crippen LogP contribution in [0.4, 0.5) is 10.5 Å². The fourth-order valence-electron chi connectivity index (χ4n) is 4.30. The highest BCUT2D eigenvalue weighted by Gasteiger charge is 2.46. The normalized spacial score (nSPS) is 21.4. The second-order valence-electron chi connectivity index (χ2n) is 8.59. The molecule has 1 aromatic carbocycles. The Balaban J connectivity index is 1.43. The minimum atomic E-state index is -0.376. The monoisotopic (exact) mass is 417 g/mol. The minimum absolute atomic E-state index is 0.00188. The molecule has 0 spiro atoms. The molecule has 2 fully saturated rings. The maximum Gasteiger partial charge on any atom is 0.414 e. The third-order valence-electron chi connectivity index (χ3n) is 6.59. The number of ether oxygens (including phenoxy) is 2. The van der Waals surface area contributed by atoms with Crippen LogP contribution in [0, 0.1) is 5.41 Å². The van der Waals surface area contributed by atoms with Crippen LogP contribution in [0.5, 0.6) is 5.75 Å². The van der Waals surface area contributed by atoms with Gasteiger partial charge >= 0.3 is 12.1 Å². The molecule has 2 aliphatic heterocycles. The number of carbonyl (C=O) groups excluding carboxylic acids is 2. The van der Waals surface area contributed by atoms with Crippen molar-refractivity contribution in [3.63, 3.8) is 0 Å². The molecule has 1 amide bonds. The summed E-state index contributed by atoms with van der Waals surface area (Å²) in [4.78, 5) is 30.1. The highest BCUT2D eigenvalue weighted by molar-refractivity contribution is 5.79. The van der Waals surface area contributed by atoms with Gasteiger partial charge in [-0.15, -0.1) is 0 Å². The first-order valence-electron chi connectivity index (χ1n) is 11.0. The molecular weight excluding hydrogens is 382 g/mol. The standard InChI is InChI=1S/C23H35N3O4/c1-5-23(6-2)17-20(29-21(23)27)11-12-25-13-15-26(16-14-25)18-7-9-19(10-8-18)30-22(28)24(3)4/h7-10,20H,5-6,11-17H2,1-4H3. The molecule has 0 saturated carbocycles. The summed E-state index contributed by atoms with van der Waals surface area (Å²) in [7, 11) is 3.33. The molecule has 0 N–H and O–H groups in total. The van der Waals surface area contributed by atoms with Crippen LogP contribution >= 0.6 is 0 Å². The van der Waals surface area contributed by atoms with Crippen LogP contribution in [0.15, 0.2) is 24.3 Å². The highest BCUT2D eigenvalue weighted by Crippen LogP contribution is 2.41. The minimum Gasteiger partial charge on any atom is -0.462 e. The average Bonchev–Trinajstić information content (AvgIpc) is 3.09. The molecule has 7 heteroatoms. The quantitative estimate of drug-likeness (QED) is 0.634. The third kappa shape index (κ3) is 5.06. The van der Waals surface area contributed by atoms with E-state index in [4.69, 9.17) is 9.47 Å². The van der Waals surface area contributed by atoms with E-state index < -0.39 is 0 Å². The number of rotatable bonds is 7. The van der Waals surface area contributed by atoms with Gasteiger partial charge in [-0.2, -0.15) is 0 Å². The van der Waals surface area contributed by atoms with Crippen molar-refractivity contribution in [3.05, 3.63) is 24.3 Å². The van der Waals surface area contributed by atoms with E-state index in [1.54, 1.807) is 14.1 Å². The molecule has 7 nitrogen and oxygen atoms in total. The number of carbonyl (C=O) groups is 2. The van der Waals surface area contributed by atoms with Gasteiger partial charge in [0, 0.05) is 58.9 Å². The van der Waals surface area contributed by atoms with Gasteiger partial charge in [-0.05, 0) is 43.5 Å². The summed E-state index contributed by atoms with van der Waals surface area (Å²) in [6.45, 7) is 9.03. The molecular formula is C23H35N3O4. The Kier molecular flexibility index (Phi) is 7.23. The second kappa shape index (κ2) is 9.69. The summed E-state index contributed by atoms with van der Waals surface area (Å²) in [6, 6.07) is 7.68. The lowest BCUT2D eigenvalue weighted by Crippen LogP contribution is -2.47. The number of anilines is 1. The lowest BCUT2D eigenvalue weighted by molar-refractivity contribution is -0.149. The molecule has 1 unspecified atom stereocenters. The molecule has 30 heavy (non-hydrogen) atoms. The molecule has 2 heterocycles. The number of hydrogen-bond donors (Lipinski definition) is 0. The van der Waals surface area contributed by atoms with Gasteiger partial charge in [0.25, 0.3) is 0 Å². The first-order chi connectivity index (χ1) is 14.4. The lowest BCUT2D eigenvalue weighted by atomic mass is 9.79. The number of nitrogens with zero attached hydrogens (tertiary/aromatic N) is 3. The van der Waals surface area contributed by atoms with Crippen molar-refractivity contribution in [3.8, 4) is 5.75 Å². The van der Waals surface area contributed by atoms with Gasteiger partial charge in [0.2, 0.25) is 0 Å². The largest absolute Gasteiger partial charge is 0.462 e. The Morgan fingerprint density at radius 1 is 1.13 bits per heavy atom. The molecule has 2 saturated heterocycles. The molecule has 2 aliphatic rings. The molecule has 0 bridgehead atoms. The number of esters is 1. The van der Waals surface area contributed by atoms with E-state index in [1.165, 1.54) is 4.90 Å². The van der Waals surface area contributed by atoms with E-state index in [2.05, 4.69) is 23.6 Å². The average molecular weight is 418 g/mol. The van der Waals surface area contributed by atoms with Crippen molar-refractivity contribution in [1.82, 2.24) is 9.80 Å². The van der Waals surface area contributed by atoms with Gasteiger partial charge in [0.05, 0.1) is 5.41 Å². The zero-order valence-electron chi connectivity index (χ0n) is 18.7. The Hall–Kier alpha value is -2.28. The molecule has 0 aliphatic carbocycles. The third-order valence-corrected chi connectivity index (χ3v) is 6.59. The maximum absolute atomic E-state index is 12.3. The molecule has 166 valence electrons. The zero-order chi connectivity index (χ0) is 21.7. The smallest absolute Gasteiger partial charge is 0.414 e. The van der Waals surface area contributed by atoms with Crippen LogP contribution in [-0.4, -0.2) is 74.8 Å². The predicted octanol–water partition coefficient (Wildman–Crippen LogP) is 3.38. The second-order valence-corrected chi connectivity index (χ2v) is 8.59. The summed E-state index contributed by atoms with van der Waals surface area (Å²) < 4.78 is 11.0. The summed E-state index contributed by atoms with van der Waals surface area (Å²) >= 11 is 0. The number of hydrogen-bond acceptors (Lipinski definition) is 6. The molecule has 3 rings (SSSR count). The van der Waals surface area contributed by atoms with Gasteiger partial charge < -0.3 is 19.3 Å². The van der Waals surface area contributed by atoms with Crippen molar-refractivity contribution < 1.29 is 19.1 Å². The highest BCUT2D eigenvalue weighted by atomic mass is 16.6.